The van der Waals surface area contributed by atoms with E-state index in [-0.39, 0.29) is 18.3 Å². The van der Waals surface area contributed by atoms with Crippen LogP contribution in [0.2, 0.25) is 0 Å². The van der Waals surface area contributed by atoms with Crippen LogP contribution in [-0.2, 0) is 17.9 Å². The minimum Gasteiger partial charge on any atom is -0.489 e. The minimum atomic E-state index is -0.464. The molecule has 0 saturated heterocycles. The number of carbonyl (C=O) groups excluding carboxylic acids is 1. The van der Waals surface area contributed by atoms with E-state index < -0.39 is 6.04 Å². The van der Waals surface area contributed by atoms with Crippen LogP contribution in [0.5, 0.6) is 5.75 Å². The molecule has 4 nitrogen and oxygen atoms in total. The molecule has 2 N–H and O–H groups in total. The molecule has 0 aliphatic heterocycles. The van der Waals surface area contributed by atoms with Gasteiger partial charge in [-0.15, -0.1) is 0 Å². The Morgan fingerprint density at radius 2 is 1.64 bits per heavy atom. The number of hydrogen-bond donors (Lipinski definition) is 2. The van der Waals surface area contributed by atoms with Crippen molar-refractivity contribution in [1.82, 2.24) is 5.32 Å². The maximum absolute atomic E-state index is 13.6. The SMILES string of the molecule is C[C@@H](NCc1ccccc1F)C(=O)Nc1ccc(OCc2ccccc2)cc1. The standard InChI is InChI=1S/C23H23FN2O2/c1-17(25-15-19-9-5-6-10-22(19)24)23(27)26-20-11-13-21(14-12-20)28-16-18-7-3-2-4-8-18/h2-14,17,25H,15-16H2,1H3,(H,26,27)/t17-/m1/s1. The molecule has 1 amide bonds. The van der Waals surface area contributed by atoms with Gasteiger partial charge in [0.25, 0.3) is 0 Å². The summed E-state index contributed by atoms with van der Waals surface area (Å²) in [6.45, 7) is 2.52. The number of rotatable bonds is 8. The van der Waals surface area contributed by atoms with Gasteiger partial charge in [0.15, 0.2) is 0 Å². The zero-order valence-corrected chi connectivity index (χ0v) is 15.7. The lowest BCUT2D eigenvalue weighted by Gasteiger charge is -2.15. The second kappa shape index (κ2) is 9.67. The first-order chi connectivity index (χ1) is 13.6. The van der Waals surface area contributed by atoms with Crippen LogP contribution < -0.4 is 15.4 Å². The van der Waals surface area contributed by atoms with Crippen LogP contribution in [0.3, 0.4) is 0 Å². The molecule has 0 unspecified atom stereocenters. The molecule has 3 aromatic carbocycles. The number of halogens is 1. The fourth-order valence-electron chi connectivity index (χ4n) is 2.62. The highest BCUT2D eigenvalue weighted by Gasteiger charge is 2.13. The van der Waals surface area contributed by atoms with Gasteiger partial charge in [-0.05, 0) is 42.8 Å². The summed E-state index contributed by atoms with van der Waals surface area (Å²) in [6, 6.07) is 23.2. The number of anilines is 1. The zero-order valence-electron chi connectivity index (χ0n) is 15.7. The summed E-state index contributed by atoms with van der Waals surface area (Å²) < 4.78 is 19.4. The molecule has 0 aromatic heterocycles. The van der Waals surface area contributed by atoms with E-state index in [9.17, 15) is 9.18 Å². The number of amides is 1. The quantitative estimate of drug-likeness (QED) is 0.606. The van der Waals surface area contributed by atoms with Gasteiger partial charge in [-0.1, -0.05) is 48.5 Å². The molecule has 3 aromatic rings. The average molecular weight is 378 g/mol. The Bertz CT molecular complexity index is 898. The minimum absolute atomic E-state index is 0.186. The molecule has 0 aliphatic carbocycles. The monoisotopic (exact) mass is 378 g/mol. The Hall–Kier alpha value is -3.18. The van der Waals surface area contributed by atoms with Gasteiger partial charge < -0.3 is 15.4 Å². The summed E-state index contributed by atoms with van der Waals surface area (Å²) in [5, 5.41) is 5.88. The topological polar surface area (TPSA) is 50.4 Å². The fourth-order valence-corrected chi connectivity index (χ4v) is 2.62. The van der Waals surface area contributed by atoms with Crippen LogP contribution in [0.4, 0.5) is 10.1 Å². The lowest BCUT2D eigenvalue weighted by Crippen LogP contribution is -2.37. The van der Waals surface area contributed by atoms with E-state index in [1.54, 1.807) is 37.3 Å². The molecule has 0 bridgehead atoms. The first-order valence-electron chi connectivity index (χ1n) is 9.16. The Morgan fingerprint density at radius 1 is 0.964 bits per heavy atom. The first kappa shape index (κ1) is 19.6. The van der Waals surface area contributed by atoms with Gasteiger partial charge in [0.2, 0.25) is 5.91 Å². The van der Waals surface area contributed by atoms with Gasteiger partial charge in [0.1, 0.15) is 18.2 Å². The summed E-state index contributed by atoms with van der Waals surface area (Å²) in [7, 11) is 0. The predicted molar refractivity (Wildman–Crippen MR) is 109 cm³/mol. The van der Waals surface area contributed by atoms with Crippen molar-refractivity contribution in [2.75, 3.05) is 5.32 Å². The molecule has 3 rings (SSSR count). The molecule has 0 radical (unpaired) electrons. The van der Waals surface area contributed by atoms with Gasteiger partial charge in [0.05, 0.1) is 6.04 Å². The van der Waals surface area contributed by atoms with Crippen LogP contribution in [-0.4, -0.2) is 11.9 Å². The molecular formula is C23H23FN2O2. The summed E-state index contributed by atoms with van der Waals surface area (Å²) in [5.41, 5.74) is 2.30. The van der Waals surface area contributed by atoms with Gasteiger partial charge in [0, 0.05) is 17.8 Å². The van der Waals surface area contributed by atoms with E-state index in [4.69, 9.17) is 4.74 Å². The van der Waals surface area contributed by atoms with Crippen LogP contribution in [0, 0.1) is 5.82 Å². The summed E-state index contributed by atoms with van der Waals surface area (Å²) in [4.78, 5) is 12.3. The third kappa shape index (κ3) is 5.66. The number of carbonyl (C=O) groups is 1. The smallest absolute Gasteiger partial charge is 0.241 e. The highest BCUT2D eigenvalue weighted by atomic mass is 19.1. The van der Waals surface area contributed by atoms with Gasteiger partial charge in [-0.25, -0.2) is 4.39 Å². The highest BCUT2D eigenvalue weighted by molar-refractivity contribution is 5.94. The number of hydrogen-bond acceptors (Lipinski definition) is 3. The lowest BCUT2D eigenvalue weighted by atomic mass is 10.2. The van der Waals surface area contributed by atoms with Crippen molar-refractivity contribution in [2.24, 2.45) is 0 Å². The third-order valence-electron chi connectivity index (χ3n) is 4.32. The normalized spacial score (nSPS) is 11.6. The molecule has 1 atom stereocenters. The van der Waals surface area contributed by atoms with Gasteiger partial charge >= 0.3 is 0 Å². The van der Waals surface area contributed by atoms with Crippen molar-refractivity contribution in [3.8, 4) is 5.75 Å². The van der Waals surface area contributed by atoms with E-state index in [0.717, 1.165) is 11.3 Å². The molecule has 5 heteroatoms. The molecule has 0 fully saturated rings. The Balaban J connectivity index is 1.47. The first-order valence-corrected chi connectivity index (χ1v) is 9.16. The van der Waals surface area contributed by atoms with Crippen LogP contribution in [0.1, 0.15) is 18.1 Å². The molecule has 0 saturated carbocycles. The van der Waals surface area contributed by atoms with E-state index in [2.05, 4.69) is 10.6 Å². The van der Waals surface area contributed by atoms with Crippen molar-refractivity contribution < 1.29 is 13.9 Å². The van der Waals surface area contributed by atoms with Crippen molar-refractivity contribution in [3.05, 3.63) is 95.8 Å². The Morgan fingerprint density at radius 3 is 2.36 bits per heavy atom. The van der Waals surface area contributed by atoms with E-state index in [1.807, 2.05) is 42.5 Å². The Labute approximate surface area is 164 Å². The average Bonchev–Trinajstić information content (AvgIpc) is 2.73. The molecule has 0 heterocycles. The summed E-state index contributed by atoms with van der Waals surface area (Å²) in [6.07, 6.45) is 0. The zero-order chi connectivity index (χ0) is 19.8. The second-order valence-corrected chi connectivity index (χ2v) is 6.48. The van der Waals surface area contributed by atoms with Gasteiger partial charge in [-0.2, -0.15) is 0 Å². The fraction of sp³-hybridized carbons (Fsp3) is 0.174. The number of nitrogens with one attached hydrogen (secondary N) is 2. The maximum atomic E-state index is 13.6. The largest absolute Gasteiger partial charge is 0.489 e. The van der Waals surface area contributed by atoms with Gasteiger partial charge in [-0.3, -0.25) is 4.79 Å². The van der Waals surface area contributed by atoms with Crippen molar-refractivity contribution >= 4 is 11.6 Å². The molecule has 144 valence electrons. The number of benzene rings is 3. The molecule has 0 spiro atoms. The lowest BCUT2D eigenvalue weighted by molar-refractivity contribution is -0.117. The number of ether oxygens (including phenoxy) is 1. The van der Waals surface area contributed by atoms with Crippen molar-refractivity contribution in [2.45, 2.75) is 26.1 Å². The summed E-state index contributed by atoms with van der Waals surface area (Å²) >= 11 is 0. The molecule has 0 aliphatic rings. The highest BCUT2D eigenvalue weighted by Crippen LogP contribution is 2.17. The molecule has 28 heavy (non-hydrogen) atoms. The third-order valence-corrected chi connectivity index (χ3v) is 4.32. The summed E-state index contributed by atoms with van der Waals surface area (Å²) in [5.74, 6) is 0.260. The Kier molecular flexibility index (Phi) is 6.76. The second-order valence-electron chi connectivity index (χ2n) is 6.48. The predicted octanol–water partition coefficient (Wildman–Crippen LogP) is 4.52. The van der Waals surface area contributed by atoms with Crippen molar-refractivity contribution in [1.29, 1.82) is 0 Å². The van der Waals surface area contributed by atoms with E-state index >= 15 is 0 Å². The van der Waals surface area contributed by atoms with Crippen molar-refractivity contribution in [3.63, 3.8) is 0 Å². The maximum Gasteiger partial charge on any atom is 0.241 e. The molecular weight excluding hydrogens is 355 g/mol. The van der Waals surface area contributed by atoms with Crippen LogP contribution >= 0.6 is 0 Å². The van der Waals surface area contributed by atoms with E-state index in [0.29, 0.717) is 17.9 Å². The van der Waals surface area contributed by atoms with E-state index in [1.165, 1.54) is 6.07 Å². The van der Waals surface area contributed by atoms with Crippen LogP contribution in [0.25, 0.3) is 0 Å². The van der Waals surface area contributed by atoms with Crippen LogP contribution in [0.15, 0.2) is 78.9 Å².